The van der Waals surface area contributed by atoms with E-state index in [9.17, 15) is 9.59 Å². The molecule has 33 heavy (non-hydrogen) atoms. The summed E-state index contributed by atoms with van der Waals surface area (Å²) in [6.45, 7) is 1.89. The predicted molar refractivity (Wildman–Crippen MR) is 121 cm³/mol. The lowest BCUT2D eigenvalue weighted by Gasteiger charge is -2.38. The summed E-state index contributed by atoms with van der Waals surface area (Å²) in [7, 11) is 0. The third-order valence-electron chi connectivity index (χ3n) is 6.80. The van der Waals surface area contributed by atoms with Gasteiger partial charge in [-0.15, -0.1) is 5.10 Å². The lowest BCUT2D eigenvalue weighted by Crippen LogP contribution is -2.39. The molecule has 0 amide bonds. The molecule has 1 fully saturated rings. The number of pyridine rings is 2. The molecule has 0 bridgehead atoms. The highest BCUT2D eigenvalue weighted by molar-refractivity contribution is 5.76. The Kier molecular flexibility index (Phi) is 4.56. The van der Waals surface area contributed by atoms with Crippen molar-refractivity contribution in [2.75, 3.05) is 0 Å². The third-order valence-corrected chi connectivity index (χ3v) is 6.80. The summed E-state index contributed by atoms with van der Waals surface area (Å²) in [6, 6.07) is 5.84. The SMILES string of the molecule is Cc1ccnc2ncn(Cc3nn([C@H]4C[C@H](C5C=c6cccnc6=CC5)C4)c(=O)o3)c(=O)c12. The van der Waals surface area contributed by atoms with Crippen LogP contribution < -0.4 is 21.9 Å². The van der Waals surface area contributed by atoms with Crippen LogP contribution in [0.25, 0.3) is 23.2 Å². The Morgan fingerprint density at radius 3 is 2.88 bits per heavy atom. The Hall–Kier alpha value is -3.88. The second kappa shape index (κ2) is 7.61. The number of nitrogens with zero attached hydrogens (tertiary/aromatic N) is 6. The Morgan fingerprint density at radius 1 is 1.12 bits per heavy atom. The summed E-state index contributed by atoms with van der Waals surface area (Å²) in [4.78, 5) is 38.1. The highest BCUT2D eigenvalue weighted by Crippen LogP contribution is 2.43. The normalized spacial score (nSPS) is 21.7. The van der Waals surface area contributed by atoms with Gasteiger partial charge in [-0.2, -0.15) is 4.68 Å². The van der Waals surface area contributed by atoms with Gasteiger partial charge in [-0.25, -0.2) is 14.8 Å². The largest absolute Gasteiger partial charge is 0.437 e. The van der Waals surface area contributed by atoms with Crippen molar-refractivity contribution >= 4 is 23.2 Å². The van der Waals surface area contributed by atoms with E-state index in [1.807, 2.05) is 19.2 Å². The lowest BCUT2D eigenvalue weighted by molar-refractivity contribution is 0.142. The molecule has 9 nitrogen and oxygen atoms in total. The standard InChI is InChI=1S/C24H22N6O3/c1-14-6-8-26-22-21(14)23(31)29(13-27-22)12-20-28-30(24(32)33-20)18-10-17(11-18)15-4-5-19-16(9-15)3-2-7-25-19/h2-3,5-9,13,15,17-18H,4,10-12H2,1H3/t15?,17-,18-. The highest BCUT2D eigenvalue weighted by Gasteiger charge is 2.37. The summed E-state index contributed by atoms with van der Waals surface area (Å²) >= 11 is 0. The number of rotatable bonds is 4. The van der Waals surface area contributed by atoms with E-state index in [1.165, 1.54) is 20.8 Å². The molecule has 1 unspecified atom stereocenters. The molecule has 4 aromatic rings. The van der Waals surface area contributed by atoms with E-state index in [4.69, 9.17) is 4.42 Å². The topological polar surface area (TPSA) is 109 Å². The fraction of sp³-hybridized carbons (Fsp3) is 0.333. The van der Waals surface area contributed by atoms with Crippen molar-refractivity contribution < 1.29 is 4.42 Å². The summed E-state index contributed by atoms with van der Waals surface area (Å²) in [5.41, 5.74) is 0.971. The zero-order chi connectivity index (χ0) is 22.5. The first kappa shape index (κ1) is 19.8. The second-order valence-corrected chi connectivity index (χ2v) is 8.84. The number of hydrogen-bond acceptors (Lipinski definition) is 7. The quantitative estimate of drug-likeness (QED) is 0.462. The smallest absolute Gasteiger partial charge is 0.390 e. The second-order valence-electron chi connectivity index (χ2n) is 8.84. The molecule has 0 saturated heterocycles. The van der Waals surface area contributed by atoms with Gasteiger partial charge in [0, 0.05) is 12.4 Å². The monoisotopic (exact) mass is 442 g/mol. The van der Waals surface area contributed by atoms with Crippen LogP contribution in [-0.2, 0) is 6.54 Å². The molecule has 0 N–H and O–H groups in total. The maximum absolute atomic E-state index is 12.9. The molecule has 166 valence electrons. The maximum Gasteiger partial charge on any atom is 0.437 e. The van der Waals surface area contributed by atoms with Gasteiger partial charge >= 0.3 is 5.76 Å². The van der Waals surface area contributed by atoms with Crippen LogP contribution in [-0.4, -0.2) is 29.3 Å². The summed E-state index contributed by atoms with van der Waals surface area (Å²) in [5.74, 6) is 0.654. The minimum absolute atomic E-state index is 0.0154. The molecule has 1 atom stereocenters. The van der Waals surface area contributed by atoms with Crippen molar-refractivity contribution in [3.8, 4) is 0 Å². The fourth-order valence-corrected chi connectivity index (χ4v) is 4.90. The molecule has 4 aromatic heterocycles. The van der Waals surface area contributed by atoms with Gasteiger partial charge in [-0.3, -0.25) is 14.3 Å². The zero-order valence-corrected chi connectivity index (χ0v) is 18.1. The first-order valence-corrected chi connectivity index (χ1v) is 11.1. The minimum Gasteiger partial charge on any atom is -0.390 e. The minimum atomic E-state index is -0.484. The Morgan fingerprint density at radius 2 is 2.00 bits per heavy atom. The maximum atomic E-state index is 12.9. The van der Waals surface area contributed by atoms with E-state index in [-0.39, 0.29) is 24.0 Å². The summed E-state index contributed by atoms with van der Waals surface area (Å²) < 4.78 is 8.20. The van der Waals surface area contributed by atoms with E-state index < -0.39 is 5.76 Å². The van der Waals surface area contributed by atoms with Crippen LogP contribution >= 0.6 is 0 Å². The first-order valence-electron chi connectivity index (χ1n) is 11.1. The van der Waals surface area contributed by atoms with Gasteiger partial charge < -0.3 is 4.42 Å². The molecule has 9 heteroatoms. The van der Waals surface area contributed by atoms with E-state index >= 15 is 0 Å². The van der Waals surface area contributed by atoms with Gasteiger partial charge in [-0.1, -0.05) is 18.2 Å². The van der Waals surface area contributed by atoms with Crippen LogP contribution in [0.15, 0.2) is 50.9 Å². The fourth-order valence-electron chi connectivity index (χ4n) is 4.90. The van der Waals surface area contributed by atoms with Crippen molar-refractivity contribution in [2.24, 2.45) is 11.8 Å². The van der Waals surface area contributed by atoms with Crippen LogP contribution in [0.1, 0.15) is 36.8 Å². The molecule has 2 aliphatic rings. The molecular formula is C24H22N6O3. The number of aryl methyl sites for hydroxylation is 1. The van der Waals surface area contributed by atoms with Crippen molar-refractivity contribution in [2.45, 2.75) is 38.8 Å². The molecular weight excluding hydrogens is 420 g/mol. The Labute approximate surface area is 187 Å². The van der Waals surface area contributed by atoms with Crippen molar-refractivity contribution in [1.82, 2.24) is 29.3 Å². The van der Waals surface area contributed by atoms with E-state index in [2.05, 4.69) is 38.3 Å². The number of fused-ring (bicyclic) bond motifs is 2. The first-order chi connectivity index (χ1) is 16.1. The van der Waals surface area contributed by atoms with Gasteiger partial charge in [0.25, 0.3) is 5.56 Å². The van der Waals surface area contributed by atoms with Crippen LogP contribution in [0, 0.1) is 18.8 Å². The lowest BCUT2D eigenvalue weighted by atomic mass is 9.70. The highest BCUT2D eigenvalue weighted by atomic mass is 16.4. The van der Waals surface area contributed by atoms with Gasteiger partial charge in [0.2, 0.25) is 5.89 Å². The van der Waals surface area contributed by atoms with Gasteiger partial charge in [0.15, 0.2) is 5.65 Å². The van der Waals surface area contributed by atoms with Crippen LogP contribution in [0.5, 0.6) is 0 Å². The van der Waals surface area contributed by atoms with Crippen LogP contribution in [0.2, 0.25) is 0 Å². The van der Waals surface area contributed by atoms with Gasteiger partial charge in [0.1, 0.15) is 12.9 Å². The molecule has 0 aliphatic heterocycles. The molecule has 0 aromatic carbocycles. The van der Waals surface area contributed by atoms with Crippen molar-refractivity contribution in [3.63, 3.8) is 0 Å². The molecule has 1 saturated carbocycles. The molecule has 0 radical (unpaired) electrons. The Bertz CT molecular complexity index is 1610. The summed E-state index contributed by atoms with van der Waals surface area (Å²) in [5, 5.41) is 7.08. The summed E-state index contributed by atoms with van der Waals surface area (Å²) in [6.07, 6.45) is 12.1. The van der Waals surface area contributed by atoms with Gasteiger partial charge in [0.05, 0.1) is 16.8 Å². The number of hydrogen-bond donors (Lipinski definition) is 0. The third kappa shape index (κ3) is 3.40. The van der Waals surface area contributed by atoms with E-state index in [0.717, 1.165) is 30.2 Å². The molecule has 2 aliphatic carbocycles. The average Bonchev–Trinajstić information content (AvgIpc) is 3.14. The van der Waals surface area contributed by atoms with Crippen LogP contribution in [0.4, 0.5) is 0 Å². The van der Waals surface area contributed by atoms with Gasteiger partial charge in [-0.05, 0) is 60.9 Å². The number of aromatic nitrogens is 6. The van der Waals surface area contributed by atoms with Crippen molar-refractivity contribution in [3.05, 3.63) is 79.8 Å². The zero-order valence-electron chi connectivity index (χ0n) is 18.1. The van der Waals surface area contributed by atoms with E-state index in [1.54, 1.807) is 12.3 Å². The predicted octanol–water partition coefficient (Wildman–Crippen LogP) is 0.925. The van der Waals surface area contributed by atoms with Crippen molar-refractivity contribution in [1.29, 1.82) is 0 Å². The molecule has 0 spiro atoms. The van der Waals surface area contributed by atoms with E-state index in [0.29, 0.717) is 22.9 Å². The average molecular weight is 442 g/mol. The molecule has 6 rings (SSSR count). The molecule has 4 heterocycles. The Balaban J connectivity index is 1.19. The van der Waals surface area contributed by atoms with Crippen LogP contribution in [0.3, 0.4) is 0 Å².